The van der Waals surface area contributed by atoms with Gasteiger partial charge in [0.1, 0.15) is 0 Å². The summed E-state index contributed by atoms with van der Waals surface area (Å²) >= 11 is 5.94. The fourth-order valence-electron chi connectivity index (χ4n) is 2.45. The van der Waals surface area contributed by atoms with E-state index in [0.717, 1.165) is 31.1 Å². The molecule has 0 aliphatic heterocycles. The topological polar surface area (TPSA) is 29.3 Å². The number of rotatable bonds is 8. The van der Waals surface area contributed by atoms with E-state index in [9.17, 15) is 0 Å². The van der Waals surface area contributed by atoms with Gasteiger partial charge in [-0.15, -0.1) is 0 Å². The molecule has 0 saturated carbocycles. The molecule has 0 aliphatic rings. The minimum atomic E-state index is 0.170. The summed E-state index contributed by atoms with van der Waals surface area (Å²) in [6.07, 6.45) is 2.23. The van der Waals surface area contributed by atoms with Crippen LogP contribution in [0.2, 0.25) is 5.02 Å². The Bertz CT molecular complexity index is 386. The van der Waals surface area contributed by atoms with E-state index in [1.54, 1.807) is 0 Å². The first-order chi connectivity index (χ1) is 9.38. The average molecular weight is 297 g/mol. The predicted octanol–water partition coefficient (Wildman–Crippen LogP) is 3.97. The van der Waals surface area contributed by atoms with Gasteiger partial charge in [0.25, 0.3) is 0 Å². The van der Waals surface area contributed by atoms with Crippen molar-refractivity contribution in [3.8, 4) is 0 Å². The molecule has 0 heterocycles. The number of hydrogen-bond acceptors (Lipinski definition) is 2. The van der Waals surface area contributed by atoms with Gasteiger partial charge in [-0.2, -0.15) is 0 Å². The van der Waals surface area contributed by atoms with E-state index >= 15 is 0 Å². The molecule has 1 aromatic rings. The molecule has 0 fully saturated rings. The Kier molecular flexibility index (Phi) is 7.01. The molecular weight excluding hydrogens is 268 g/mol. The zero-order chi connectivity index (χ0) is 15.2. The summed E-state index contributed by atoms with van der Waals surface area (Å²) in [6.45, 7) is 11.9. The van der Waals surface area contributed by atoms with Crippen molar-refractivity contribution in [2.45, 2.75) is 46.6 Å². The van der Waals surface area contributed by atoms with Gasteiger partial charge in [-0.05, 0) is 56.0 Å². The molecule has 0 saturated heterocycles. The van der Waals surface area contributed by atoms with Gasteiger partial charge in [-0.3, -0.25) is 4.90 Å². The summed E-state index contributed by atoms with van der Waals surface area (Å²) < 4.78 is 0. The van der Waals surface area contributed by atoms with Crippen LogP contribution in [-0.2, 0) is 6.42 Å². The third kappa shape index (κ3) is 5.82. The van der Waals surface area contributed by atoms with Crippen molar-refractivity contribution in [3.63, 3.8) is 0 Å². The lowest BCUT2D eigenvalue weighted by Gasteiger charge is -2.36. The fraction of sp³-hybridized carbons (Fsp3) is 0.647. The highest BCUT2D eigenvalue weighted by atomic mass is 35.5. The summed E-state index contributed by atoms with van der Waals surface area (Å²) in [7, 11) is 0. The molecule has 2 nitrogen and oxygen atoms in total. The fourth-order valence-corrected chi connectivity index (χ4v) is 2.57. The summed E-state index contributed by atoms with van der Waals surface area (Å²) in [4.78, 5) is 2.56. The zero-order valence-corrected chi connectivity index (χ0v) is 14.1. The predicted molar refractivity (Wildman–Crippen MR) is 89.3 cm³/mol. The molecule has 1 atom stereocenters. The Morgan fingerprint density at radius 2 is 1.85 bits per heavy atom. The normalized spacial score (nSPS) is 13.8. The number of nitrogens with zero attached hydrogens (tertiary/aromatic N) is 1. The summed E-state index contributed by atoms with van der Waals surface area (Å²) in [5, 5.41) is 0.802. The van der Waals surface area contributed by atoms with Crippen LogP contribution in [0.1, 0.15) is 39.7 Å². The molecule has 20 heavy (non-hydrogen) atoms. The Labute approximate surface area is 129 Å². The molecule has 0 spiro atoms. The van der Waals surface area contributed by atoms with Crippen molar-refractivity contribution in [3.05, 3.63) is 34.9 Å². The van der Waals surface area contributed by atoms with Crippen LogP contribution in [0.3, 0.4) is 0 Å². The summed E-state index contributed by atoms with van der Waals surface area (Å²) in [6, 6.07) is 8.70. The van der Waals surface area contributed by atoms with Crippen LogP contribution in [0, 0.1) is 5.41 Å². The number of hydrogen-bond donors (Lipinski definition) is 1. The van der Waals surface area contributed by atoms with Crippen LogP contribution in [0.5, 0.6) is 0 Å². The van der Waals surface area contributed by atoms with Crippen LogP contribution >= 0.6 is 11.6 Å². The van der Waals surface area contributed by atoms with E-state index in [-0.39, 0.29) is 5.41 Å². The highest BCUT2D eigenvalue weighted by Gasteiger charge is 2.23. The lowest BCUT2D eigenvalue weighted by atomic mass is 9.91. The highest BCUT2D eigenvalue weighted by molar-refractivity contribution is 6.30. The van der Waals surface area contributed by atoms with Crippen molar-refractivity contribution in [1.29, 1.82) is 0 Å². The van der Waals surface area contributed by atoms with Crippen LogP contribution in [0.25, 0.3) is 0 Å². The van der Waals surface area contributed by atoms with Crippen molar-refractivity contribution in [2.75, 3.05) is 19.6 Å². The quantitative estimate of drug-likeness (QED) is 0.786. The number of benzene rings is 1. The summed E-state index contributed by atoms with van der Waals surface area (Å²) in [5.41, 5.74) is 7.39. The van der Waals surface area contributed by atoms with Gasteiger partial charge in [-0.25, -0.2) is 0 Å². The number of nitrogens with two attached hydrogens (primary N) is 1. The van der Waals surface area contributed by atoms with Crippen LogP contribution in [-0.4, -0.2) is 30.6 Å². The molecule has 0 amide bonds. The molecule has 3 heteroatoms. The Balaban J connectivity index is 2.68. The third-order valence-electron chi connectivity index (χ3n) is 3.76. The molecule has 0 radical (unpaired) electrons. The smallest absolute Gasteiger partial charge is 0.0406 e. The van der Waals surface area contributed by atoms with E-state index in [4.69, 9.17) is 17.3 Å². The molecule has 0 aliphatic carbocycles. The van der Waals surface area contributed by atoms with E-state index in [0.29, 0.717) is 6.04 Å². The molecule has 2 N–H and O–H groups in total. The van der Waals surface area contributed by atoms with Crippen molar-refractivity contribution < 1.29 is 0 Å². The van der Waals surface area contributed by atoms with Crippen LogP contribution in [0.4, 0.5) is 0 Å². The lowest BCUT2D eigenvalue weighted by molar-refractivity contribution is 0.140. The van der Waals surface area contributed by atoms with E-state index in [1.165, 1.54) is 12.0 Å². The maximum atomic E-state index is 5.94. The molecule has 114 valence electrons. The minimum absolute atomic E-state index is 0.170. The van der Waals surface area contributed by atoms with Gasteiger partial charge in [0.05, 0.1) is 0 Å². The van der Waals surface area contributed by atoms with Crippen molar-refractivity contribution in [2.24, 2.45) is 11.1 Å². The first kappa shape index (κ1) is 17.5. The second-order valence-electron chi connectivity index (χ2n) is 6.52. The van der Waals surface area contributed by atoms with Gasteiger partial charge in [0, 0.05) is 17.6 Å². The van der Waals surface area contributed by atoms with Gasteiger partial charge in [-0.1, -0.05) is 44.5 Å². The van der Waals surface area contributed by atoms with Crippen molar-refractivity contribution in [1.82, 2.24) is 4.90 Å². The van der Waals surface area contributed by atoms with E-state index in [2.05, 4.69) is 44.7 Å². The second kappa shape index (κ2) is 8.02. The minimum Gasteiger partial charge on any atom is -0.330 e. The monoisotopic (exact) mass is 296 g/mol. The molecule has 1 rings (SSSR count). The van der Waals surface area contributed by atoms with Gasteiger partial charge >= 0.3 is 0 Å². The lowest BCUT2D eigenvalue weighted by Crippen LogP contribution is -2.44. The Morgan fingerprint density at radius 1 is 1.25 bits per heavy atom. The van der Waals surface area contributed by atoms with Gasteiger partial charge in [0.2, 0.25) is 0 Å². The van der Waals surface area contributed by atoms with Crippen LogP contribution < -0.4 is 5.73 Å². The summed E-state index contributed by atoms with van der Waals surface area (Å²) in [5.74, 6) is 0. The van der Waals surface area contributed by atoms with E-state index in [1.807, 2.05) is 12.1 Å². The standard InChI is InChI=1S/C17H29ClN2/c1-5-10-20(13-17(3,4)12-19)14(2)11-15-6-8-16(18)9-7-15/h6-9,14H,5,10-13,19H2,1-4H3. The van der Waals surface area contributed by atoms with Crippen molar-refractivity contribution >= 4 is 11.6 Å². The molecule has 0 bridgehead atoms. The van der Waals surface area contributed by atoms with E-state index < -0.39 is 0 Å². The largest absolute Gasteiger partial charge is 0.330 e. The Hall–Kier alpha value is -0.570. The Morgan fingerprint density at radius 3 is 2.35 bits per heavy atom. The molecule has 0 aromatic heterocycles. The SMILES string of the molecule is CCCN(CC(C)(C)CN)C(C)Cc1ccc(Cl)cc1. The highest BCUT2D eigenvalue weighted by Crippen LogP contribution is 2.19. The first-order valence-corrected chi connectivity index (χ1v) is 7.94. The number of halogens is 1. The zero-order valence-electron chi connectivity index (χ0n) is 13.3. The third-order valence-corrected chi connectivity index (χ3v) is 4.01. The first-order valence-electron chi connectivity index (χ1n) is 7.56. The molecular formula is C17H29ClN2. The average Bonchev–Trinajstić information content (AvgIpc) is 2.40. The van der Waals surface area contributed by atoms with Crippen LogP contribution in [0.15, 0.2) is 24.3 Å². The second-order valence-corrected chi connectivity index (χ2v) is 6.95. The maximum absolute atomic E-state index is 5.94. The van der Waals surface area contributed by atoms with Gasteiger partial charge < -0.3 is 5.73 Å². The maximum Gasteiger partial charge on any atom is 0.0406 e. The van der Waals surface area contributed by atoms with Gasteiger partial charge in [0.15, 0.2) is 0 Å². The molecule has 1 unspecified atom stereocenters. The molecule has 1 aromatic carbocycles.